The van der Waals surface area contributed by atoms with Crippen LogP contribution < -0.4 is 15.4 Å². The van der Waals surface area contributed by atoms with Gasteiger partial charge in [0, 0.05) is 16.4 Å². The Morgan fingerprint density at radius 2 is 1.90 bits per heavy atom. The average molecular weight is 443 g/mol. The Kier molecular flexibility index (Phi) is 6.52. The maximum atomic E-state index is 13.3. The molecule has 4 rings (SSSR count). The topological polar surface area (TPSA) is 93.4 Å². The van der Waals surface area contributed by atoms with Crippen molar-refractivity contribution in [1.29, 1.82) is 0 Å². The molecule has 31 heavy (non-hydrogen) atoms. The number of ether oxygens (including phenoxy) is 1. The lowest BCUT2D eigenvalue weighted by molar-refractivity contribution is 0.408. The highest BCUT2D eigenvalue weighted by molar-refractivity contribution is 7.85. The predicted octanol–water partition coefficient (Wildman–Crippen LogP) is 3.29. The van der Waals surface area contributed by atoms with Crippen LogP contribution in [0, 0.1) is 0 Å². The lowest BCUT2D eigenvalue weighted by Crippen LogP contribution is -2.34. The molecule has 0 bridgehead atoms. The molecule has 2 atom stereocenters. The largest absolute Gasteiger partial charge is 0.496 e. The molecule has 2 N–H and O–H groups in total. The van der Waals surface area contributed by atoms with Gasteiger partial charge in [-0.15, -0.1) is 0 Å². The molecule has 1 aromatic carbocycles. The van der Waals surface area contributed by atoms with Gasteiger partial charge < -0.3 is 15.4 Å². The summed E-state index contributed by atoms with van der Waals surface area (Å²) in [5.41, 5.74) is 2.73. The second-order valence-electron chi connectivity index (χ2n) is 8.17. The summed E-state index contributed by atoms with van der Waals surface area (Å²) in [5, 5.41) is 11.7. The Morgan fingerprint density at radius 3 is 2.61 bits per heavy atom. The van der Waals surface area contributed by atoms with Crippen LogP contribution in [-0.2, 0) is 10.8 Å². The lowest BCUT2D eigenvalue weighted by atomic mass is 10.1. The number of rotatable bonds is 7. The van der Waals surface area contributed by atoms with Crippen molar-refractivity contribution in [2.75, 3.05) is 25.5 Å². The van der Waals surface area contributed by atoms with Gasteiger partial charge >= 0.3 is 0 Å². The number of methoxy groups -OCH3 is 1. The second kappa shape index (κ2) is 9.32. The molecule has 1 fully saturated rings. The minimum Gasteiger partial charge on any atom is -0.496 e. The summed E-state index contributed by atoms with van der Waals surface area (Å²) in [4.78, 5) is 9.40. The molecule has 8 nitrogen and oxygen atoms in total. The van der Waals surface area contributed by atoms with Crippen LogP contribution in [0.15, 0.2) is 35.6 Å². The van der Waals surface area contributed by atoms with Crippen molar-refractivity contribution in [2.24, 2.45) is 0 Å². The Morgan fingerprint density at radius 1 is 1.16 bits per heavy atom. The first kappa shape index (κ1) is 21.7. The number of para-hydroxylation sites is 1. The van der Waals surface area contributed by atoms with E-state index in [0.717, 1.165) is 42.8 Å². The summed E-state index contributed by atoms with van der Waals surface area (Å²) < 4.78 is 20.6. The number of nitrogens with one attached hydrogen (secondary N) is 2. The van der Waals surface area contributed by atoms with Crippen molar-refractivity contribution < 1.29 is 8.95 Å². The molecule has 0 radical (unpaired) electrons. The van der Waals surface area contributed by atoms with Gasteiger partial charge in [-0.25, -0.2) is 4.98 Å². The molecule has 0 spiro atoms. The molecule has 1 aliphatic rings. The van der Waals surface area contributed by atoms with Crippen LogP contribution in [0.25, 0.3) is 5.65 Å². The molecular weight excluding hydrogens is 412 g/mol. The third-order valence-electron chi connectivity index (χ3n) is 5.72. The highest BCUT2D eigenvalue weighted by atomic mass is 32.2. The van der Waals surface area contributed by atoms with Gasteiger partial charge in [0.25, 0.3) is 0 Å². The summed E-state index contributed by atoms with van der Waals surface area (Å²) >= 11 is 0. The quantitative estimate of drug-likeness (QED) is 0.580. The van der Waals surface area contributed by atoms with E-state index in [4.69, 9.17) is 9.72 Å². The van der Waals surface area contributed by atoms with Crippen LogP contribution in [0.3, 0.4) is 0 Å². The van der Waals surface area contributed by atoms with Crippen LogP contribution in [0.1, 0.15) is 56.7 Å². The van der Waals surface area contributed by atoms with Crippen LogP contribution in [-0.4, -0.2) is 49.2 Å². The molecular formula is C22H30N6O2S. The fourth-order valence-electron chi connectivity index (χ4n) is 3.92. The summed E-state index contributed by atoms with van der Waals surface area (Å²) in [6.07, 6.45) is 3.54. The molecule has 0 amide bonds. The van der Waals surface area contributed by atoms with Crippen molar-refractivity contribution in [3.05, 3.63) is 41.6 Å². The number of hydrogen-bond acceptors (Lipinski definition) is 7. The molecule has 3 aromatic rings. The zero-order chi connectivity index (χ0) is 22.0. The van der Waals surface area contributed by atoms with Crippen molar-refractivity contribution in [2.45, 2.75) is 56.0 Å². The number of anilines is 1. The molecule has 9 heteroatoms. The molecule has 166 valence electrons. The first-order valence-corrected chi connectivity index (χ1v) is 12.0. The number of aromatic nitrogens is 4. The van der Waals surface area contributed by atoms with E-state index in [1.807, 2.05) is 37.4 Å². The molecule has 0 aliphatic carbocycles. The molecule has 1 saturated heterocycles. The number of piperidine rings is 1. The molecule has 0 saturated carbocycles. The number of nitrogens with zero attached hydrogens (tertiary/aromatic N) is 4. The maximum Gasteiger partial charge on any atom is 0.228 e. The summed E-state index contributed by atoms with van der Waals surface area (Å²) in [5.74, 6) is 1.58. The molecule has 2 unspecified atom stereocenters. The van der Waals surface area contributed by atoms with E-state index in [0.29, 0.717) is 16.8 Å². The van der Waals surface area contributed by atoms with Gasteiger partial charge in [-0.3, -0.25) is 4.21 Å². The van der Waals surface area contributed by atoms with Crippen LogP contribution >= 0.6 is 0 Å². The smallest absolute Gasteiger partial charge is 0.228 e. The van der Waals surface area contributed by atoms with E-state index in [9.17, 15) is 4.21 Å². The van der Waals surface area contributed by atoms with E-state index in [1.165, 1.54) is 0 Å². The Balaban J connectivity index is 1.75. The Labute approximate surface area is 185 Å². The summed E-state index contributed by atoms with van der Waals surface area (Å²) in [6.45, 7) is 8.00. The first-order chi connectivity index (χ1) is 15.0. The average Bonchev–Trinajstić information content (AvgIpc) is 3.23. The van der Waals surface area contributed by atoms with Crippen LogP contribution in [0.2, 0.25) is 0 Å². The van der Waals surface area contributed by atoms with Gasteiger partial charge in [-0.1, -0.05) is 32.0 Å². The number of hydrogen-bond donors (Lipinski definition) is 2. The molecule has 3 heterocycles. The SMILES string of the molecule is COc1ccccc1C(C)Nc1nc(S(=O)C2CCNCC2)nc2c(C(C)C)cnn12. The van der Waals surface area contributed by atoms with E-state index in [2.05, 4.69) is 34.6 Å². The monoisotopic (exact) mass is 442 g/mol. The highest BCUT2D eigenvalue weighted by Crippen LogP contribution is 2.29. The zero-order valence-electron chi connectivity index (χ0n) is 18.5. The van der Waals surface area contributed by atoms with Gasteiger partial charge in [0.1, 0.15) is 5.75 Å². The summed E-state index contributed by atoms with van der Waals surface area (Å²) in [7, 11) is 0.389. The minimum atomic E-state index is -1.28. The molecule has 2 aromatic heterocycles. The Bertz CT molecular complexity index is 1080. The normalized spacial score (nSPS) is 17.1. The standard InChI is InChI=1S/C22H30N6O2S/c1-14(2)18-13-24-28-20(18)26-22(31(29)16-9-11-23-12-10-16)27-21(28)25-15(3)17-7-5-6-8-19(17)30-4/h5-8,13-16,23H,9-12H2,1-4H3,(H,25,26,27). The van der Waals surface area contributed by atoms with Crippen molar-refractivity contribution in [3.8, 4) is 5.75 Å². The van der Waals surface area contributed by atoms with Crippen molar-refractivity contribution in [1.82, 2.24) is 24.9 Å². The van der Waals surface area contributed by atoms with Crippen LogP contribution in [0.5, 0.6) is 5.75 Å². The highest BCUT2D eigenvalue weighted by Gasteiger charge is 2.26. The Hall–Kier alpha value is -2.52. The summed E-state index contributed by atoms with van der Waals surface area (Å²) in [6, 6.07) is 7.78. The fourth-order valence-corrected chi connectivity index (χ4v) is 5.23. The maximum absolute atomic E-state index is 13.3. The third kappa shape index (κ3) is 4.43. The lowest BCUT2D eigenvalue weighted by Gasteiger charge is -2.22. The van der Waals surface area contributed by atoms with Gasteiger partial charge in [-0.05, 0) is 44.8 Å². The van der Waals surface area contributed by atoms with E-state index in [1.54, 1.807) is 11.6 Å². The van der Waals surface area contributed by atoms with Gasteiger partial charge in [0.15, 0.2) is 5.65 Å². The number of fused-ring (bicyclic) bond motifs is 1. The third-order valence-corrected chi connectivity index (χ3v) is 7.34. The van der Waals surface area contributed by atoms with Gasteiger partial charge in [0.05, 0.1) is 30.1 Å². The predicted molar refractivity (Wildman–Crippen MR) is 122 cm³/mol. The van der Waals surface area contributed by atoms with Crippen LogP contribution in [0.4, 0.5) is 5.95 Å². The van der Waals surface area contributed by atoms with Gasteiger partial charge in [0.2, 0.25) is 11.1 Å². The van der Waals surface area contributed by atoms with E-state index >= 15 is 0 Å². The van der Waals surface area contributed by atoms with Crippen molar-refractivity contribution in [3.63, 3.8) is 0 Å². The second-order valence-corrected chi connectivity index (χ2v) is 9.80. The van der Waals surface area contributed by atoms with E-state index in [-0.39, 0.29) is 17.2 Å². The van der Waals surface area contributed by atoms with E-state index < -0.39 is 10.8 Å². The van der Waals surface area contributed by atoms with Gasteiger partial charge in [-0.2, -0.15) is 14.6 Å². The zero-order valence-corrected chi connectivity index (χ0v) is 19.3. The first-order valence-electron chi connectivity index (χ1n) is 10.8. The molecule has 1 aliphatic heterocycles. The minimum absolute atomic E-state index is 0.0635. The fraction of sp³-hybridized carbons (Fsp3) is 0.500. The van der Waals surface area contributed by atoms with Crippen molar-refractivity contribution >= 4 is 22.4 Å². The number of benzene rings is 1.